The van der Waals surface area contributed by atoms with E-state index in [9.17, 15) is 4.79 Å². The molecule has 0 bridgehead atoms. The van der Waals surface area contributed by atoms with E-state index in [1.807, 2.05) is 40.6 Å². The van der Waals surface area contributed by atoms with Gasteiger partial charge < -0.3 is 14.4 Å². The van der Waals surface area contributed by atoms with Gasteiger partial charge in [0.1, 0.15) is 12.2 Å². The van der Waals surface area contributed by atoms with Gasteiger partial charge in [-0.05, 0) is 30.4 Å². The van der Waals surface area contributed by atoms with Crippen LogP contribution in [0.25, 0.3) is 0 Å². The summed E-state index contributed by atoms with van der Waals surface area (Å²) in [5.74, 6) is 0.656. The maximum atomic E-state index is 12.8. The summed E-state index contributed by atoms with van der Waals surface area (Å²) in [5, 5.41) is 1.93. The largest absolute Gasteiger partial charge is 0.470 e. The number of aromatic nitrogens is 1. The SMILES string of the molecule is O=C(c1cccs1)N1C[C@H](Oc2ccccn2)[C@H]2OCCC[C@H]21. The molecule has 23 heavy (non-hydrogen) atoms. The second-order valence-corrected chi connectivity index (χ2v) is 6.75. The molecule has 0 radical (unpaired) electrons. The van der Waals surface area contributed by atoms with E-state index in [4.69, 9.17) is 9.47 Å². The van der Waals surface area contributed by atoms with Crippen LogP contribution in [-0.2, 0) is 4.74 Å². The van der Waals surface area contributed by atoms with Gasteiger partial charge in [0.15, 0.2) is 0 Å². The quantitative estimate of drug-likeness (QED) is 0.868. The van der Waals surface area contributed by atoms with Crippen molar-refractivity contribution in [2.75, 3.05) is 13.2 Å². The summed E-state index contributed by atoms with van der Waals surface area (Å²) in [6, 6.07) is 9.45. The second kappa shape index (κ2) is 6.29. The van der Waals surface area contributed by atoms with Crippen molar-refractivity contribution >= 4 is 17.2 Å². The number of pyridine rings is 1. The van der Waals surface area contributed by atoms with Crippen LogP contribution in [0.5, 0.6) is 5.88 Å². The van der Waals surface area contributed by atoms with Gasteiger partial charge in [0.25, 0.3) is 5.91 Å². The van der Waals surface area contributed by atoms with E-state index in [1.165, 1.54) is 11.3 Å². The first kappa shape index (κ1) is 14.7. The fraction of sp³-hybridized carbons (Fsp3) is 0.412. The van der Waals surface area contributed by atoms with Gasteiger partial charge in [-0.1, -0.05) is 12.1 Å². The number of fused-ring (bicyclic) bond motifs is 1. The lowest BCUT2D eigenvalue weighted by Gasteiger charge is -2.31. The lowest BCUT2D eigenvalue weighted by atomic mass is 10.0. The number of hydrogen-bond acceptors (Lipinski definition) is 5. The van der Waals surface area contributed by atoms with E-state index in [1.54, 1.807) is 6.20 Å². The molecule has 2 aromatic rings. The van der Waals surface area contributed by atoms with Crippen molar-refractivity contribution in [3.63, 3.8) is 0 Å². The number of nitrogens with zero attached hydrogens (tertiary/aromatic N) is 2. The zero-order valence-electron chi connectivity index (χ0n) is 12.6. The smallest absolute Gasteiger partial charge is 0.264 e. The van der Waals surface area contributed by atoms with E-state index in [-0.39, 0.29) is 24.2 Å². The van der Waals surface area contributed by atoms with E-state index >= 15 is 0 Å². The third-order valence-electron chi connectivity index (χ3n) is 4.38. The fourth-order valence-corrected chi connectivity index (χ4v) is 4.04. The van der Waals surface area contributed by atoms with Crippen LogP contribution in [0, 0.1) is 0 Å². The first-order chi connectivity index (χ1) is 11.3. The first-order valence-corrected chi connectivity index (χ1v) is 8.74. The molecule has 0 saturated carbocycles. The Hall–Kier alpha value is -1.92. The summed E-state index contributed by atoms with van der Waals surface area (Å²) in [6.07, 6.45) is 3.40. The second-order valence-electron chi connectivity index (χ2n) is 5.80. The van der Waals surface area contributed by atoms with Crippen molar-refractivity contribution < 1.29 is 14.3 Å². The molecule has 2 aromatic heterocycles. The molecule has 2 fully saturated rings. The summed E-state index contributed by atoms with van der Waals surface area (Å²) >= 11 is 1.48. The number of ether oxygens (including phenoxy) is 2. The van der Waals surface area contributed by atoms with Crippen molar-refractivity contribution in [3.8, 4) is 5.88 Å². The zero-order chi connectivity index (χ0) is 15.6. The molecular weight excluding hydrogens is 312 g/mol. The van der Waals surface area contributed by atoms with Gasteiger partial charge in [-0.15, -0.1) is 11.3 Å². The average Bonchev–Trinajstić information content (AvgIpc) is 3.24. The van der Waals surface area contributed by atoms with Gasteiger partial charge in [0, 0.05) is 18.9 Å². The van der Waals surface area contributed by atoms with Crippen molar-refractivity contribution in [3.05, 3.63) is 46.8 Å². The monoisotopic (exact) mass is 330 g/mol. The molecule has 2 saturated heterocycles. The highest BCUT2D eigenvalue weighted by atomic mass is 32.1. The van der Waals surface area contributed by atoms with Crippen LogP contribution in [0.2, 0.25) is 0 Å². The van der Waals surface area contributed by atoms with Gasteiger partial charge in [-0.3, -0.25) is 4.79 Å². The minimum atomic E-state index is -0.167. The van der Waals surface area contributed by atoms with Crippen LogP contribution >= 0.6 is 11.3 Å². The van der Waals surface area contributed by atoms with E-state index in [0.717, 1.165) is 24.3 Å². The minimum absolute atomic E-state index is 0.0744. The maximum Gasteiger partial charge on any atom is 0.264 e. The van der Waals surface area contributed by atoms with Gasteiger partial charge in [0.05, 0.1) is 17.5 Å². The standard InChI is InChI=1S/C17H18N2O3S/c20-17(14-6-4-10-23-14)19-11-13(16-12(19)5-3-9-21-16)22-15-7-1-2-8-18-15/h1-2,4,6-8,10,12-13,16H,3,5,9,11H2/t12-,13+,16+/m1/s1. The third kappa shape index (κ3) is 2.84. The summed E-state index contributed by atoms with van der Waals surface area (Å²) in [5.41, 5.74) is 0. The number of rotatable bonds is 3. The molecule has 1 amide bonds. The molecule has 2 aliphatic rings. The molecule has 4 heterocycles. The minimum Gasteiger partial charge on any atom is -0.470 e. The topological polar surface area (TPSA) is 51.7 Å². The number of carbonyl (C=O) groups is 1. The Kier molecular flexibility index (Phi) is 4.01. The normalized spacial score (nSPS) is 26.8. The highest BCUT2D eigenvalue weighted by Crippen LogP contribution is 2.32. The van der Waals surface area contributed by atoms with Crippen LogP contribution in [0.1, 0.15) is 22.5 Å². The summed E-state index contributed by atoms with van der Waals surface area (Å²) in [7, 11) is 0. The van der Waals surface area contributed by atoms with Gasteiger partial charge in [-0.25, -0.2) is 4.98 Å². The number of thiophene rings is 1. The maximum absolute atomic E-state index is 12.8. The average molecular weight is 330 g/mol. The van der Waals surface area contributed by atoms with Crippen LogP contribution < -0.4 is 4.74 Å². The van der Waals surface area contributed by atoms with Gasteiger partial charge in [0.2, 0.25) is 5.88 Å². The molecular formula is C17H18N2O3S. The van der Waals surface area contributed by atoms with Crippen LogP contribution in [0.3, 0.4) is 0 Å². The van der Waals surface area contributed by atoms with Crippen molar-refractivity contribution in [1.29, 1.82) is 0 Å². The molecule has 0 N–H and O–H groups in total. The summed E-state index contributed by atoms with van der Waals surface area (Å²) in [6.45, 7) is 1.27. The van der Waals surface area contributed by atoms with Gasteiger partial charge >= 0.3 is 0 Å². The van der Waals surface area contributed by atoms with Crippen molar-refractivity contribution in [2.24, 2.45) is 0 Å². The van der Waals surface area contributed by atoms with E-state index in [0.29, 0.717) is 12.4 Å². The predicted molar refractivity (Wildman–Crippen MR) is 86.8 cm³/mol. The first-order valence-electron chi connectivity index (χ1n) is 7.87. The fourth-order valence-electron chi connectivity index (χ4n) is 3.36. The molecule has 6 heteroatoms. The number of hydrogen-bond donors (Lipinski definition) is 0. The predicted octanol–water partition coefficient (Wildman–Crippen LogP) is 2.59. The third-order valence-corrected chi connectivity index (χ3v) is 5.24. The lowest BCUT2D eigenvalue weighted by Crippen LogP contribution is -2.44. The lowest BCUT2D eigenvalue weighted by molar-refractivity contribution is -0.0455. The molecule has 0 unspecified atom stereocenters. The highest BCUT2D eigenvalue weighted by Gasteiger charge is 2.47. The molecule has 120 valence electrons. The Morgan fingerprint density at radius 1 is 1.35 bits per heavy atom. The number of amides is 1. The highest BCUT2D eigenvalue weighted by molar-refractivity contribution is 7.12. The van der Waals surface area contributed by atoms with Gasteiger partial charge in [-0.2, -0.15) is 0 Å². The molecule has 4 rings (SSSR count). The Bertz CT molecular complexity index is 662. The van der Waals surface area contributed by atoms with Crippen molar-refractivity contribution in [2.45, 2.75) is 31.1 Å². The summed E-state index contributed by atoms with van der Waals surface area (Å²) < 4.78 is 12.0. The van der Waals surface area contributed by atoms with Crippen LogP contribution in [0.15, 0.2) is 41.9 Å². The summed E-state index contributed by atoms with van der Waals surface area (Å²) in [4.78, 5) is 19.7. The Morgan fingerprint density at radius 3 is 3.09 bits per heavy atom. The zero-order valence-corrected chi connectivity index (χ0v) is 13.4. The van der Waals surface area contributed by atoms with Crippen molar-refractivity contribution in [1.82, 2.24) is 9.88 Å². The molecule has 2 aliphatic heterocycles. The Balaban J connectivity index is 1.56. The molecule has 0 aromatic carbocycles. The molecule has 5 nitrogen and oxygen atoms in total. The molecule has 0 aliphatic carbocycles. The molecule has 0 spiro atoms. The van der Waals surface area contributed by atoms with E-state index < -0.39 is 0 Å². The number of carbonyl (C=O) groups excluding carboxylic acids is 1. The molecule has 3 atom stereocenters. The Morgan fingerprint density at radius 2 is 2.30 bits per heavy atom. The van der Waals surface area contributed by atoms with Crippen LogP contribution in [-0.4, -0.2) is 47.2 Å². The van der Waals surface area contributed by atoms with Crippen LogP contribution in [0.4, 0.5) is 0 Å². The van der Waals surface area contributed by atoms with E-state index in [2.05, 4.69) is 4.98 Å². The Labute approximate surface area is 138 Å². The number of likely N-dealkylation sites (tertiary alicyclic amines) is 1.